The van der Waals surface area contributed by atoms with Gasteiger partial charge in [-0.3, -0.25) is 14.4 Å². The van der Waals surface area contributed by atoms with Crippen LogP contribution in [0.3, 0.4) is 0 Å². The molecule has 0 aliphatic heterocycles. The van der Waals surface area contributed by atoms with E-state index in [-0.39, 0.29) is 24.8 Å². The number of amides is 3. The van der Waals surface area contributed by atoms with Gasteiger partial charge >= 0.3 is 0 Å². The molecule has 4 N–H and O–H groups in total. The van der Waals surface area contributed by atoms with Crippen LogP contribution in [0.2, 0.25) is 0 Å². The summed E-state index contributed by atoms with van der Waals surface area (Å²) in [6.45, 7) is 4.52. The number of aryl methyl sites for hydroxylation is 1. The molecule has 0 aromatic heterocycles. The minimum absolute atomic E-state index is 0.136. The standard InChI is InChI=1S/C27H29N3O4/c1-3-34-22-12-9-19(10-13-22)16-24(31)30-25(21-7-5-4-6-8-21)27(33)29-17-20-11-14-23(26(28)32)18(2)15-20/h4-15,25H,3,16-17H2,1-2H3,(H2,28,32)(H,29,33)(H,30,31). The number of carbonyl (C=O) groups excluding carboxylic acids is 3. The molecule has 0 radical (unpaired) electrons. The molecule has 3 amide bonds. The van der Waals surface area contributed by atoms with Crippen molar-refractivity contribution in [2.75, 3.05) is 6.61 Å². The highest BCUT2D eigenvalue weighted by atomic mass is 16.5. The molecule has 7 heteroatoms. The molecule has 176 valence electrons. The maximum atomic E-state index is 13.1. The summed E-state index contributed by atoms with van der Waals surface area (Å²) in [5.74, 6) is -0.350. The van der Waals surface area contributed by atoms with Gasteiger partial charge in [0.05, 0.1) is 13.0 Å². The molecule has 1 atom stereocenters. The van der Waals surface area contributed by atoms with Crippen LogP contribution in [-0.4, -0.2) is 24.3 Å². The Kier molecular flexibility index (Phi) is 8.40. The second-order valence-electron chi connectivity index (χ2n) is 7.90. The van der Waals surface area contributed by atoms with Crippen molar-refractivity contribution in [3.63, 3.8) is 0 Å². The molecule has 0 saturated carbocycles. The molecular weight excluding hydrogens is 430 g/mol. The van der Waals surface area contributed by atoms with E-state index in [0.717, 1.165) is 22.4 Å². The number of nitrogens with two attached hydrogens (primary N) is 1. The first-order valence-corrected chi connectivity index (χ1v) is 11.1. The van der Waals surface area contributed by atoms with Gasteiger partial charge in [0, 0.05) is 12.1 Å². The van der Waals surface area contributed by atoms with Crippen LogP contribution in [0, 0.1) is 6.92 Å². The van der Waals surface area contributed by atoms with E-state index in [0.29, 0.717) is 17.7 Å². The summed E-state index contributed by atoms with van der Waals surface area (Å²) >= 11 is 0. The first-order valence-electron chi connectivity index (χ1n) is 11.1. The monoisotopic (exact) mass is 459 g/mol. The molecule has 1 unspecified atom stereocenters. The molecule has 0 aliphatic carbocycles. The number of ether oxygens (including phenoxy) is 1. The average molecular weight is 460 g/mol. The quantitative estimate of drug-likeness (QED) is 0.432. The smallest absolute Gasteiger partial charge is 0.248 e. The molecule has 3 aromatic carbocycles. The molecule has 3 aromatic rings. The Balaban J connectivity index is 1.68. The van der Waals surface area contributed by atoms with Gasteiger partial charge < -0.3 is 21.1 Å². The Bertz CT molecular complexity index is 1140. The summed E-state index contributed by atoms with van der Waals surface area (Å²) in [5, 5.41) is 5.73. The van der Waals surface area contributed by atoms with E-state index in [1.807, 2.05) is 55.5 Å². The van der Waals surface area contributed by atoms with Crippen LogP contribution < -0.4 is 21.1 Å². The fourth-order valence-corrected chi connectivity index (χ4v) is 3.62. The van der Waals surface area contributed by atoms with Gasteiger partial charge in [0.2, 0.25) is 17.7 Å². The number of hydrogen-bond donors (Lipinski definition) is 3. The van der Waals surface area contributed by atoms with Crippen molar-refractivity contribution in [2.24, 2.45) is 5.73 Å². The molecule has 3 rings (SSSR count). The Morgan fingerprint density at radius 3 is 2.24 bits per heavy atom. The van der Waals surface area contributed by atoms with Crippen LogP contribution in [0.15, 0.2) is 72.8 Å². The zero-order valence-electron chi connectivity index (χ0n) is 19.3. The minimum Gasteiger partial charge on any atom is -0.494 e. The van der Waals surface area contributed by atoms with Crippen molar-refractivity contribution in [3.8, 4) is 5.75 Å². The molecule has 7 nitrogen and oxygen atoms in total. The van der Waals surface area contributed by atoms with Crippen LogP contribution in [0.1, 0.15) is 45.6 Å². The molecule has 34 heavy (non-hydrogen) atoms. The third-order valence-electron chi connectivity index (χ3n) is 5.32. The summed E-state index contributed by atoms with van der Waals surface area (Å²) in [4.78, 5) is 37.3. The van der Waals surface area contributed by atoms with E-state index >= 15 is 0 Å². The van der Waals surface area contributed by atoms with Crippen LogP contribution in [0.4, 0.5) is 0 Å². The molecule has 0 bridgehead atoms. The van der Waals surface area contributed by atoms with Crippen LogP contribution >= 0.6 is 0 Å². The molecular formula is C27H29N3O4. The van der Waals surface area contributed by atoms with Crippen LogP contribution in [-0.2, 0) is 22.6 Å². The summed E-state index contributed by atoms with van der Waals surface area (Å²) < 4.78 is 5.43. The molecule has 0 saturated heterocycles. The fourth-order valence-electron chi connectivity index (χ4n) is 3.62. The van der Waals surface area contributed by atoms with Gasteiger partial charge in [0.25, 0.3) is 0 Å². The fraction of sp³-hybridized carbons (Fsp3) is 0.222. The first-order chi connectivity index (χ1) is 16.4. The highest BCUT2D eigenvalue weighted by Crippen LogP contribution is 2.16. The largest absolute Gasteiger partial charge is 0.494 e. The second kappa shape index (κ2) is 11.7. The zero-order valence-corrected chi connectivity index (χ0v) is 19.3. The maximum absolute atomic E-state index is 13.1. The van der Waals surface area contributed by atoms with Crippen molar-refractivity contribution in [1.29, 1.82) is 0 Å². The molecule has 0 heterocycles. The van der Waals surface area contributed by atoms with Gasteiger partial charge in [0.1, 0.15) is 11.8 Å². The zero-order chi connectivity index (χ0) is 24.5. The number of rotatable bonds is 10. The van der Waals surface area contributed by atoms with Crippen LogP contribution in [0.5, 0.6) is 5.75 Å². The van der Waals surface area contributed by atoms with Gasteiger partial charge in [-0.25, -0.2) is 0 Å². The molecule has 0 fully saturated rings. The van der Waals surface area contributed by atoms with E-state index in [2.05, 4.69) is 10.6 Å². The van der Waals surface area contributed by atoms with Gasteiger partial charge in [-0.15, -0.1) is 0 Å². The molecule has 0 spiro atoms. The summed E-state index contributed by atoms with van der Waals surface area (Å²) in [6, 6.07) is 20.7. The van der Waals surface area contributed by atoms with Crippen molar-refractivity contribution in [1.82, 2.24) is 10.6 Å². The Labute approximate surface area is 199 Å². The Morgan fingerprint density at radius 2 is 1.62 bits per heavy atom. The Hall–Kier alpha value is -4.13. The van der Waals surface area contributed by atoms with Crippen molar-refractivity contribution in [2.45, 2.75) is 32.9 Å². The van der Waals surface area contributed by atoms with Crippen molar-refractivity contribution in [3.05, 3.63) is 101 Å². The van der Waals surface area contributed by atoms with E-state index in [4.69, 9.17) is 10.5 Å². The molecule has 0 aliphatic rings. The highest BCUT2D eigenvalue weighted by molar-refractivity contribution is 5.94. The van der Waals surface area contributed by atoms with E-state index in [1.165, 1.54) is 0 Å². The third kappa shape index (κ3) is 6.68. The highest BCUT2D eigenvalue weighted by Gasteiger charge is 2.22. The lowest BCUT2D eigenvalue weighted by molar-refractivity contribution is -0.129. The Morgan fingerprint density at radius 1 is 0.941 bits per heavy atom. The van der Waals surface area contributed by atoms with Crippen LogP contribution in [0.25, 0.3) is 0 Å². The normalized spacial score (nSPS) is 11.4. The number of primary amides is 1. The van der Waals surface area contributed by atoms with Crippen molar-refractivity contribution < 1.29 is 19.1 Å². The number of hydrogen-bond acceptors (Lipinski definition) is 4. The minimum atomic E-state index is -0.845. The third-order valence-corrected chi connectivity index (χ3v) is 5.32. The van der Waals surface area contributed by atoms with E-state index in [1.54, 1.807) is 31.2 Å². The predicted octanol–water partition coefficient (Wildman–Crippen LogP) is 3.21. The van der Waals surface area contributed by atoms with Gasteiger partial charge in [-0.2, -0.15) is 0 Å². The lowest BCUT2D eigenvalue weighted by Gasteiger charge is -2.19. The summed E-state index contributed by atoms with van der Waals surface area (Å²) in [5.41, 5.74) is 8.86. The van der Waals surface area contributed by atoms with E-state index in [9.17, 15) is 14.4 Å². The topological polar surface area (TPSA) is 111 Å². The van der Waals surface area contributed by atoms with E-state index < -0.39 is 11.9 Å². The van der Waals surface area contributed by atoms with Gasteiger partial charge in [-0.1, -0.05) is 54.6 Å². The van der Waals surface area contributed by atoms with Crippen molar-refractivity contribution >= 4 is 17.7 Å². The number of nitrogens with one attached hydrogen (secondary N) is 2. The summed E-state index contributed by atoms with van der Waals surface area (Å²) in [7, 11) is 0. The number of benzene rings is 3. The second-order valence-corrected chi connectivity index (χ2v) is 7.90. The summed E-state index contributed by atoms with van der Waals surface area (Å²) in [6.07, 6.45) is 0.136. The lowest BCUT2D eigenvalue weighted by Crippen LogP contribution is -2.40. The van der Waals surface area contributed by atoms with Gasteiger partial charge in [0.15, 0.2) is 0 Å². The SMILES string of the molecule is CCOc1ccc(CC(=O)NC(C(=O)NCc2ccc(C(N)=O)c(C)c2)c2ccccc2)cc1. The average Bonchev–Trinajstić information content (AvgIpc) is 2.83. The number of carbonyl (C=O) groups is 3. The maximum Gasteiger partial charge on any atom is 0.248 e. The first kappa shape index (κ1) is 24.5. The lowest BCUT2D eigenvalue weighted by atomic mass is 10.0. The van der Waals surface area contributed by atoms with Gasteiger partial charge in [-0.05, 0) is 54.3 Å². The predicted molar refractivity (Wildman–Crippen MR) is 130 cm³/mol.